The van der Waals surface area contributed by atoms with Gasteiger partial charge in [-0.1, -0.05) is 59.6 Å². The van der Waals surface area contributed by atoms with E-state index >= 15 is 0 Å². The zero-order valence-corrected chi connectivity index (χ0v) is 16.4. The zero-order chi connectivity index (χ0) is 18.8. The van der Waals surface area contributed by atoms with Crippen LogP contribution in [0, 0.1) is 0 Å². The van der Waals surface area contributed by atoms with Crippen LogP contribution in [0.5, 0.6) is 0 Å². The molecule has 140 valence electrons. The van der Waals surface area contributed by atoms with E-state index in [0.29, 0.717) is 16.7 Å². The third-order valence-electron chi connectivity index (χ3n) is 5.29. The first-order valence-electron chi connectivity index (χ1n) is 9.26. The van der Waals surface area contributed by atoms with E-state index < -0.39 is 0 Å². The Balaban J connectivity index is 1.52. The predicted octanol–water partition coefficient (Wildman–Crippen LogP) is 6.34. The second-order valence-corrected chi connectivity index (χ2v) is 8.03. The smallest absolute Gasteiger partial charge is 0.410 e. The fraction of sp³-hybridized carbons (Fsp3) is 0.318. The third kappa shape index (κ3) is 4.15. The summed E-state index contributed by atoms with van der Waals surface area (Å²) in [5, 5.41) is 1.27. The number of ether oxygens (including phenoxy) is 1. The molecule has 5 heteroatoms. The maximum absolute atomic E-state index is 12.8. The van der Waals surface area contributed by atoms with Crippen molar-refractivity contribution in [2.45, 2.75) is 44.4 Å². The Kier molecular flexibility index (Phi) is 5.42. The lowest BCUT2D eigenvalue weighted by Gasteiger charge is -2.44. The van der Waals surface area contributed by atoms with Crippen molar-refractivity contribution in [3.63, 3.8) is 0 Å². The number of nitrogens with zero attached hydrogens (tertiary/aromatic N) is 1. The van der Waals surface area contributed by atoms with Gasteiger partial charge in [-0.2, -0.15) is 0 Å². The standard InChI is InChI=1S/C22H21Cl2NO2/c23-18-9-16(10-19(24)13-18)17-11-20-7-4-8-21(12-17)25(20)22(26)27-14-15-5-2-1-3-6-15/h1-3,5-6,9-11,13,20-21H,4,7-8,12,14H2. The number of amides is 1. The molecule has 27 heavy (non-hydrogen) atoms. The van der Waals surface area contributed by atoms with E-state index in [2.05, 4.69) is 6.08 Å². The molecule has 2 atom stereocenters. The molecule has 2 aliphatic heterocycles. The van der Waals surface area contributed by atoms with Crippen molar-refractivity contribution >= 4 is 34.9 Å². The molecule has 0 N–H and O–H groups in total. The van der Waals surface area contributed by atoms with Crippen LogP contribution in [-0.4, -0.2) is 23.1 Å². The highest BCUT2D eigenvalue weighted by Crippen LogP contribution is 2.38. The number of piperidine rings is 1. The van der Waals surface area contributed by atoms with Crippen LogP contribution in [0.3, 0.4) is 0 Å². The van der Waals surface area contributed by atoms with Crippen LogP contribution in [0.4, 0.5) is 4.79 Å². The summed E-state index contributed by atoms with van der Waals surface area (Å²) in [6.07, 6.45) is 5.82. The SMILES string of the molecule is O=C(OCc1ccccc1)N1C2C=C(c3cc(Cl)cc(Cl)c3)CC1CCC2. The number of hydrogen-bond acceptors (Lipinski definition) is 2. The van der Waals surface area contributed by atoms with Crippen LogP contribution in [-0.2, 0) is 11.3 Å². The lowest BCUT2D eigenvalue weighted by atomic mass is 9.83. The summed E-state index contributed by atoms with van der Waals surface area (Å²) < 4.78 is 5.60. The van der Waals surface area contributed by atoms with Crippen LogP contribution in [0.2, 0.25) is 10.0 Å². The van der Waals surface area contributed by atoms with Crippen LogP contribution < -0.4 is 0 Å². The quantitative estimate of drug-likeness (QED) is 0.600. The zero-order valence-electron chi connectivity index (χ0n) is 14.9. The molecule has 2 unspecified atom stereocenters. The summed E-state index contributed by atoms with van der Waals surface area (Å²) in [5.74, 6) is 0. The summed E-state index contributed by atoms with van der Waals surface area (Å²) in [5.41, 5.74) is 3.25. The number of hydrogen-bond donors (Lipinski definition) is 0. The van der Waals surface area contributed by atoms with Crippen molar-refractivity contribution in [3.8, 4) is 0 Å². The number of carbonyl (C=O) groups is 1. The van der Waals surface area contributed by atoms with Crippen molar-refractivity contribution in [2.75, 3.05) is 0 Å². The Morgan fingerprint density at radius 2 is 1.81 bits per heavy atom. The highest BCUT2D eigenvalue weighted by atomic mass is 35.5. The van der Waals surface area contributed by atoms with Gasteiger partial charge in [-0.15, -0.1) is 0 Å². The van der Waals surface area contributed by atoms with Gasteiger partial charge in [-0.05, 0) is 60.6 Å². The minimum atomic E-state index is -0.229. The largest absolute Gasteiger partial charge is 0.445 e. The van der Waals surface area contributed by atoms with Crippen LogP contribution in [0.1, 0.15) is 36.8 Å². The van der Waals surface area contributed by atoms with Gasteiger partial charge in [0.15, 0.2) is 0 Å². The monoisotopic (exact) mass is 401 g/mol. The first kappa shape index (κ1) is 18.4. The average Bonchev–Trinajstić information content (AvgIpc) is 2.65. The Morgan fingerprint density at radius 1 is 1.07 bits per heavy atom. The highest BCUT2D eigenvalue weighted by molar-refractivity contribution is 6.34. The van der Waals surface area contributed by atoms with Gasteiger partial charge in [-0.3, -0.25) is 4.90 Å². The number of fused-ring (bicyclic) bond motifs is 2. The van der Waals surface area contributed by atoms with E-state index in [9.17, 15) is 4.79 Å². The summed E-state index contributed by atoms with van der Waals surface area (Å²) in [6, 6.07) is 15.6. The van der Waals surface area contributed by atoms with Gasteiger partial charge in [0.2, 0.25) is 0 Å². The number of halogens is 2. The fourth-order valence-corrected chi connectivity index (χ4v) is 4.59. The fourth-order valence-electron chi connectivity index (χ4n) is 4.06. The van der Waals surface area contributed by atoms with Gasteiger partial charge in [-0.25, -0.2) is 4.79 Å². The normalized spacial score (nSPS) is 21.6. The lowest BCUT2D eigenvalue weighted by molar-refractivity contribution is 0.0510. The van der Waals surface area contributed by atoms with Gasteiger partial charge < -0.3 is 4.74 Å². The molecule has 2 aromatic carbocycles. The van der Waals surface area contributed by atoms with Crippen LogP contribution in [0.15, 0.2) is 54.6 Å². The van der Waals surface area contributed by atoms with Crippen molar-refractivity contribution in [1.82, 2.24) is 4.90 Å². The van der Waals surface area contributed by atoms with E-state index in [1.54, 1.807) is 6.07 Å². The molecule has 3 nitrogen and oxygen atoms in total. The number of rotatable bonds is 3. The molecular formula is C22H21Cl2NO2. The number of carbonyl (C=O) groups excluding carboxylic acids is 1. The minimum Gasteiger partial charge on any atom is -0.445 e. The molecule has 2 aliphatic rings. The van der Waals surface area contributed by atoms with Gasteiger partial charge in [0.1, 0.15) is 6.61 Å². The lowest BCUT2D eigenvalue weighted by Crippen LogP contribution is -2.51. The molecular weight excluding hydrogens is 381 g/mol. The molecule has 2 heterocycles. The minimum absolute atomic E-state index is 0.0635. The molecule has 1 fully saturated rings. The molecule has 2 bridgehead atoms. The van der Waals surface area contributed by atoms with Crippen molar-refractivity contribution in [1.29, 1.82) is 0 Å². The second kappa shape index (κ2) is 7.95. The van der Waals surface area contributed by atoms with Gasteiger partial charge >= 0.3 is 6.09 Å². The van der Waals surface area contributed by atoms with Crippen LogP contribution in [0.25, 0.3) is 5.57 Å². The summed E-state index contributed by atoms with van der Waals surface area (Å²) >= 11 is 12.3. The topological polar surface area (TPSA) is 29.5 Å². The van der Waals surface area contributed by atoms with Crippen molar-refractivity contribution in [3.05, 3.63) is 75.8 Å². The first-order chi connectivity index (χ1) is 13.1. The van der Waals surface area contributed by atoms with Gasteiger partial charge in [0.25, 0.3) is 0 Å². The highest BCUT2D eigenvalue weighted by Gasteiger charge is 2.38. The van der Waals surface area contributed by atoms with Gasteiger partial charge in [0, 0.05) is 16.1 Å². The molecule has 1 amide bonds. The van der Waals surface area contributed by atoms with E-state index in [0.717, 1.165) is 36.8 Å². The summed E-state index contributed by atoms with van der Waals surface area (Å²) in [6.45, 7) is 0.302. The van der Waals surface area contributed by atoms with Crippen molar-refractivity contribution < 1.29 is 9.53 Å². The molecule has 2 aromatic rings. The van der Waals surface area contributed by atoms with Crippen LogP contribution >= 0.6 is 23.2 Å². The second-order valence-electron chi connectivity index (χ2n) is 7.15. The Bertz CT molecular complexity index is 846. The number of benzene rings is 2. The molecule has 0 radical (unpaired) electrons. The summed E-state index contributed by atoms with van der Waals surface area (Å²) in [4.78, 5) is 14.7. The maximum Gasteiger partial charge on any atom is 0.410 e. The molecule has 1 saturated heterocycles. The Labute approximate surface area is 169 Å². The Hall–Kier alpha value is -1.97. The maximum atomic E-state index is 12.8. The first-order valence-corrected chi connectivity index (χ1v) is 10.0. The van der Waals surface area contributed by atoms with Crippen molar-refractivity contribution in [2.24, 2.45) is 0 Å². The third-order valence-corrected chi connectivity index (χ3v) is 5.72. The molecule has 0 saturated carbocycles. The average molecular weight is 402 g/mol. The van der Waals surface area contributed by atoms with Gasteiger partial charge in [0.05, 0.1) is 6.04 Å². The molecule has 0 aliphatic carbocycles. The molecule has 0 aromatic heterocycles. The molecule has 4 rings (SSSR count). The van der Waals surface area contributed by atoms with E-state index in [-0.39, 0.29) is 18.2 Å². The summed E-state index contributed by atoms with van der Waals surface area (Å²) in [7, 11) is 0. The molecule has 0 spiro atoms. The predicted molar refractivity (Wildman–Crippen MR) is 109 cm³/mol. The van der Waals surface area contributed by atoms with E-state index in [4.69, 9.17) is 27.9 Å². The Morgan fingerprint density at radius 3 is 2.52 bits per heavy atom. The van der Waals surface area contributed by atoms with E-state index in [1.165, 1.54) is 5.57 Å². The van der Waals surface area contributed by atoms with E-state index in [1.807, 2.05) is 47.4 Å².